The number of rotatable bonds is 54. The van der Waals surface area contributed by atoms with Crippen molar-refractivity contribution in [3.05, 3.63) is 48.6 Å². The van der Waals surface area contributed by atoms with Crippen molar-refractivity contribution in [1.82, 2.24) is 0 Å². The van der Waals surface area contributed by atoms with Crippen molar-refractivity contribution >= 4 is 17.9 Å². The minimum Gasteiger partial charge on any atom is -0.462 e. The summed E-state index contributed by atoms with van der Waals surface area (Å²) in [4.78, 5) is 38.2. The van der Waals surface area contributed by atoms with Gasteiger partial charge in [0.2, 0.25) is 0 Å². The third-order valence-electron chi connectivity index (χ3n) is 13.0. The molecule has 0 heterocycles. The number of ether oxygens (including phenoxy) is 3. The quantitative estimate of drug-likeness (QED) is 0.0262. The molecule has 0 bridgehead atoms. The van der Waals surface area contributed by atoms with E-state index in [0.29, 0.717) is 19.3 Å². The van der Waals surface area contributed by atoms with Crippen molar-refractivity contribution < 1.29 is 28.6 Å². The maximum Gasteiger partial charge on any atom is 0.306 e. The largest absolute Gasteiger partial charge is 0.462 e. The standard InChI is InChI=1S/C62H112O6/c1-4-7-10-13-16-19-22-25-28-30-31-33-34-37-40-43-46-49-52-55-61(64)67-58-59(57-66-60(63)54-51-48-45-42-39-36-27-24-21-18-15-12-9-6-3)68-62(65)56-53-50-47-44-41-38-35-32-29-26-23-20-17-14-11-8-5-2/h17,20,24-29,59H,4-16,18-19,21-23,30-58H2,1-3H3/b20-17-,27-24-,28-25-,29-26-. The van der Waals surface area contributed by atoms with Crippen LogP contribution >= 0.6 is 0 Å². The van der Waals surface area contributed by atoms with Gasteiger partial charge in [0.15, 0.2) is 6.10 Å². The summed E-state index contributed by atoms with van der Waals surface area (Å²) in [7, 11) is 0. The van der Waals surface area contributed by atoms with Crippen LogP contribution in [0.5, 0.6) is 0 Å². The highest BCUT2D eigenvalue weighted by Crippen LogP contribution is 2.16. The summed E-state index contributed by atoms with van der Waals surface area (Å²) >= 11 is 0. The van der Waals surface area contributed by atoms with Crippen molar-refractivity contribution in [3.63, 3.8) is 0 Å². The van der Waals surface area contributed by atoms with Gasteiger partial charge in [-0.2, -0.15) is 0 Å². The zero-order valence-corrected chi connectivity index (χ0v) is 45.4. The van der Waals surface area contributed by atoms with Gasteiger partial charge in [0, 0.05) is 19.3 Å². The van der Waals surface area contributed by atoms with Crippen LogP contribution in [0.4, 0.5) is 0 Å². The van der Waals surface area contributed by atoms with E-state index in [4.69, 9.17) is 14.2 Å². The van der Waals surface area contributed by atoms with Gasteiger partial charge in [0.25, 0.3) is 0 Å². The lowest BCUT2D eigenvalue weighted by Crippen LogP contribution is -2.30. The molecular weight excluding hydrogens is 841 g/mol. The third kappa shape index (κ3) is 54.3. The molecule has 0 spiro atoms. The Hall–Kier alpha value is -2.63. The number of hydrogen-bond donors (Lipinski definition) is 0. The highest BCUT2D eigenvalue weighted by atomic mass is 16.6. The van der Waals surface area contributed by atoms with Gasteiger partial charge >= 0.3 is 17.9 Å². The van der Waals surface area contributed by atoms with Crippen LogP contribution in [0.2, 0.25) is 0 Å². The van der Waals surface area contributed by atoms with E-state index in [1.165, 1.54) is 193 Å². The van der Waals surface area contributed by atoms with Gasteiger partial charge in [0.1, 0.15) is 13.2 Å². The van der Waals surface area contributed by atoms with Crippen LogP contribution in [0.1, 0.15) is 310 Å². The Morgan fingerprint density at radius 2 is 0.529 bits per heavy atom. The fourth-order valence-electron chi connectivity index (χ4n) is 8.52. The fourth-order valence-corrected chi connectivity index (χ4v) is 8.52. The van der Waals surface area contributed by atoms with E-state index in [1.54, 1.807) is 0 Å². The highest BCUT2D eigenvalue weighted by Gasteiger charge is 2.19. The Bertz CT molecular complexity index is 1190. The van der Waals surface area contributed by atoms with Gasteiger partial charge in [-0.25, -0.2) is 0 Å². The molecule has 0 aromatic rings. The maximum absolute atomic E-state index is 12.9. The lowest BCUT2D eigenvalue weighted by molar-refractivity contribution is -0.167. The first-order chi connectivity index (χ1) is 33.5. The van der Waals surface area contributed by atoms with Crippen molar-refractivity contribution in [1.29, 1.82) is 0 Å². The Labute approximate surface area is 422 Å². The minimum atomic E-state index is -0.781. The van der Waals surface area contributed by atoms with Crippen molar-refractivity contribution in [2.75, 3.05) is 13.2 Å². The monoisotopic (exact) mass is 953 g/mol. The topological polar surface area (TPSA) is 78.9 Å². The zero-order chi connectivity index (χ0) is 49.3. The first-order valence-corrected chi connectivity index (χ1v) is 29.6. The second-order valence-electron chi connectivity index (χ2n) is 19.9. The van der Waals surface area contributed by atoms with Crippen molar-refractivity contribution in [3.8, 4) is 0 Å². The van der Waals surface area contributed by atoms with E-state index in [-0.39, 0.29) is 31.1 Å². The van der Waals surface area contributed by atoms with Crippen LogP contribution in [-0.2, 0) is 28.6 Å². The van der Waals surface area contributed by atoms with Gasteiger partial charge in [-0.1, -0.05) is 236 Å². The molecule has 6 nitrogen and oxygen atoms in total. The van der Waals surface area contributed by atoms with Crippen molar-refractivity contribution in [2.45, 2.75) is 316 Å². The highest BCUT2D eigenvalue weighted by molar-refractivity contribution is 5.71. The molecule has 1 atom stereocenters. The predicted molar refractivity (Wildman–Crippen MR) is 293 cm³/mol. The molecule has 396 valence electrons. The molecule has 0 amide bonds. The first-order valence-electron chi connectivity index (χ1n) is 29.6. The summed E-state index contributed by atoms with van der Waals surface area (Å²) in [5.41, 5.74) is 0. The molecule has 6 heteroatoms. The smallest absolute Gasteiger partial charge is 0.306 e. The molecule has 0 aliphatic rings. The van der Waals surface area contributed by atoms with E-state index in [2.05, 4.69) is 69.4 Å². The molecule has 0 radical (unpaired) electrons. The summed E-state index contributed by atoms with van der Waals surface area (Å²) in [5, 5.41) is 0. The number of carbonyl (C=O) groups excluding carboxylic acids is 3. The summed E-state index contributed by atoms with van der Waals surface area (Å²) in [6.45, 7) is 6.62. The van der Waals surface area contributed by atoms with E-state index in [9.17, 15) is 14.4 Å². The van der Waals surface area contributed by atoms with Gasteiger partial charge < -0.3 is 14.2 Å². The molecule has 0 aromatic heterocycles. The van der Waals surface area contributed by atoms with E-state index in [0.717, 1.165) is 77.0 Å². The summed E-state index contributed by atoms with van der Waals surface area (Å²) < 4.78 is 16.9. The average molecular weight is 954 g/mol. The molecule has 0 aromatic carbocycles. The Balaban J connectivity index is 4.36. The van der Waals surface area contributed by atoms with E-state index < -0.39 is 6.10 Å². The Kier molecular flexibility index (Phi) is 54.8. The minimum absolute atomic E-state index is 0.0784. The molecule has 0 aliphatic heterocycles. The average Bonchev–Trinajstić information content (AvgIpc) is 3.34. The Morgan fingerprint density at radius 3 is 0.853 bits per heavy atom. The zero-order valence-electron chi connectivity index (χ0n) is 45.4. The van der Waals surface area contributed by atoms with Gasteiger partial charge in [0.05, 0.1) is 0 Å². The second-order valence-corrected chi connectivity index (χ2v) is 19.9. The van der Waals surface area contributed by atoms with Crippen LogP contribution in [-0.4, -0.2) is 37.2 Å². The van der Waals surface area contributed by atoms with Gasteiger partial charge in [-0.05, 0) is 103 Å². The molecule has 0 fully saturated rings. The van der Waals surface area contributed by atoms with Crippen LogP contribution in [0, 0.1) is 0 Å². The number of allylic oxidation sites excluding steroid dienone is 8. The Morgan fingerprint density at radius 1 is 0.294 bits per heavy atom. The van der Waals surface area contributed by atoms with E-state index >= 15 is 0 Å². The lowest BCUT2D eigenvalue weighted by Gasteiger charge is -2.18. The number of carbonyl (C=O) groups is 3. The fraction of sp³-hybridized carbons (Fsp3) is 0.823. The SMILES string of the molecule is CCCCC/C=C\C/C=C\CCCCCCCCCC(=O)OC(COC(=O)CCCCCCC/C=C\CCCCCCC)COC(=O)CCCCCCCCCCC/C=C\CCCCCCCC. The lowest BCUT2D eigenvalue weighted by atomic mass is 10.1. The summed E-state index contributed by atoms with van der Waals surface area (Å²) in [5.74, 6) is -0.883. The molecule has 68 heavy (non-hydrogen) atoms. The molecule has 1 unspecified atom stereocenters. The van der Waals surface area contributed by atoms with Gasteiger partial charge in [-0.3, -0.25) is 14.4 Å². The molecule has 0 rings (SSSR count). The number of esters is 3. The predicted octanol–water partition coefficient (Wildman–Crippen LogP) is 19.8. The maximum atomic E-state index is 12.9. The third-order valence-corrected chi connectivity index (χ3v) is 13.0. The molecule has 0 aliphatic carbocycles. The van der Waals surface area contributed by atoms with Gasteiger partial charge in [-0.15, -0.1) is 0 Å². The number of hydrogen-bond acceptors (Lipinski definition) is 6. The normalized spacial score (nSPS) is 12.3. The van der Waals surface area contributed by atoms with Crippen LogP contribution in [0.25, 0.3) is 0 Å². The van der Waals surface area contributed by atoms with Crippen LogP contribution in [0.3, 0.4) is 0 Å². The van der Waals surface area contributed by atoms with E-state index in [1.807, 2.05) is 0 Å². The molecule has 0 saturated carbocycles. The second kappa shape index (κ2) is 57.0. The number of unbranched alkanes of at least 4 members (excludes halogenated alkanes) is 35. The molecular formula is C62H112O6. The van der Waals surface area contributed by atoms with Crippen molar-refractivity contribution in [2.24, 2.45) is 0 Å². The summed E-state index contributed by atoms with van der Waals surface area (Å²) in [6.07, 6.45) is 69.5. The molecule has 0 saturated heterocycles. The summed E-state index contributed by atoms with van der Waals surface area (Å²) in [6, 6.07) is 0. The molecule has 0 N–H and O–H groups in total. The van der Waals surface area contributed by atoms with Crippen LogP contribution < -0.4 is 0 Å². The van der Waals surface area contributed by atoms with Crippen LogP contribution in [0.15, 0.2) is 48.6 Å². The first kappa shape index (κ1) is 65.4.